The van der Waals surface area contributed by atoms with Crippen LogP contribution in [-0.4, -0.2) is 16.3 Å². The van der Waals surface area contributed by atoms with Gasteiger partial charge in [-0.3, -0.25) is 0 Å². The Morgan fingerprint density at radius 3 is 1.26 bits per heavy atom. The fraction of sp³-hybridized carbons (Fsp3) is 0.571. The lowest BCUT2D eigenvalue weighted by Crippen LogP contribution is -2.25. The number of aromatic hydroxyl groups is 1. The van der Waals surface area contributed by atoms with Gasteiger partial charge in [-0.25, -0.2) is 0 Å². The Morgan fingerprint density at radius 1 is 0.516 bits per heavy atom. The Kier molecular flexibility index (Phi) is 6.81. The fourth-order valence-electron chi connectivity index (χ4n) is 4.10. The summed E-state index contributed by atoms with van der Waals surface area (Å²) in [6.07, 6.45) is 0.661. The van der Waals surface area contributed by atoms with E-state index < -0.39 is 0 Å². The number of phenolic OH excluding ortho intramolecular Hbond substituents is 1. The van der Waals surface area contributed by atoms with E-state index in [1.807, 2.05) is 13.8 Å². The van der Waals surface area contributed by atoms with Crippen molar-refractivity contribution in [1.82, 2.24) is 0 Å². The normalized spacial score (nSPS) is 12.3. The van der Waals surface area contributed by atoms with Gasteiger partial charge in [0.15, 0.2) is 0 Å². The first-order chi connectivity index (χ1) is 14.0. The molecule has 0 bridgehead atoms. The lowest BCUT2D eigenvalue weighted by molar-refractivity contribution is 0.128. The van der Waals surface area contributed by atoms with Crippen LogP contribution in [0.4, 0.5) is 0 Å². The summed E-state index contributed by atoms with van der Waals surface area (Å²) in [7, 11) is 0. The van der Waals surface area contributed by atoms with Crippen molar-refractivity contribution in [1.29, 1.82) is 0 Å². The second-order valence-electron chi connectivity index (χ2n) is 10.9. The van der Waals surface area contributed by atoms with Crippen LogP contribution in [0, 0.1) is 48.5 Å². The van der Waals surface area contributed by atoms with E-state index >= 15 is 0 Å². The van der Waals surface area contributed by atoms with Crippen LogP contribution >= 0.6 is 0 Å². The van der Waals surface area contributed by atoms with Crippen molar-refractivity contribution in [3.63, 3.8) is 0 Å². The van der Waals surface area contributed by atoms with Crippen LogP contribution in [0.1, 0.15) is 91.6 Å². The van der Waals surface area contributed by atoms with Gasteiger partial charge in [-0.15, -0.1) is 0 Å². The smallest absolute Gasteiger partial charge is 0.126 e. The summed E-state index contributed by atoms with van der Waals surface area (Å²) < 4.78 is 12.6. The molecule has 0 aromatic heterocycles. The molecular weight excluding hydrogens is 384 g/mol. The van der Waals surface area contributed by atoms with Gasteiger partial charge in [-0.2, -0.15) is 0 Å². The number of rotatable bonds is 4. The maximum atomic E-state index is 11.1. The second-order valence-corrected chi connectivity index (χ2v) is 10.9. The Balaban J connectivity index is 2.69. The molecule has 0 heterocycles. The number of ether oxygens (including phenoxy) is 2. The third-order valence-corrected chi connectivity index (χ3v) is 6.22. The summed E-state index contributed by atoms with van der Waals surface area (Å²) >= 11 is 0. The van der Waals surface area contributed by atoms with Crippen molar-refractivity contribution in [2.75, 3.05) is 0 Å². The van der Waals surface area contributed by atoms with Crippen LogP contribution in [0.25, 0.3) is 0 Å². The predicted molar refractivity (Wildman–Crippen MR) is 131 cm³/mol. The summed E-state index contributed by atoms with van der Waals surface area (Å²) in [5.74, 6) is 2.23. The zero-order valence-electron chi connectivity index (χ0n) is 22.0. The lowest BCUT2D eigenvalue weighted by atomic mass is 9.86. The molecule has 0 unspecified atom stereocenters. The standard InChI is InChI=1S/C28H42O3/c1-15-18(4)25(30-27(8,9)10)19(5)16(2)22(15)14-23-21(7)26(31-28(11,12)13)20(6)17(3)24(23)29/h29H,14H2,1-13H3. The highest BCUT2D eigenvalue weighted by Gasteiger charge is 2.25. The average Bonchev–Trinajstić information content (AvgIpc) is 2.63. The maximum absolute atomic E-state index is 11.1. The first-order valence-corrected chi connectivity index (χ1v) is 11.2. The highest BCUT2D eigenvalue weighted by molar-refractivity contribution is 5.61. The molecule has 2 aromatic carbocycles. The molecule has 31 heavy (non-hydrogen) atoms. The molecule has 0 saturated heterocycles. The molecule has 2 aromatic rings. The quantitative estimate of drug-likeness (QED) is 0.550. The molecule has 0 fully saturated rings. The lowest BCUT2D eigenvalue weighted by Gasteiger charge is -2.29. The summed E-state index contributed by atoms with van der Waals surface area (Å²) in [5, 5.41) is 11.1. The van der Waals surface area contributed by atoms with Gasteiger partial charge in [0.1, 0.15) is 28.5 Å². The Labute approximate surface area is 189 Å². The molecule has 3 nitrogen and oxygen atoms in total. The largest absolute Gasteiger partial charge is 0.507 e. The minimum absolute atomic E-state index is 0.252. The third-order valence-electron chi connectivity index (χ3n) is 6.22. The van der Waals surface area contributed by atoms with Gasteiger partial charge in [0.05, 0.1) is 0 Å². The zero-order chi connectivity index (χ0) is 24.0. The Bertz CT molecular complexity index is 970. The fourth-order valence-corrected chi connectivity index (χ4v) is 4.10. The summed E-state index contributed by atoms with van der Waals surface area (Å²) in [4.78, 5) is 0. The van der Waals surface area contributed by atoms with Crippen LogP contribution in [0.2, 0.25) is 0 Å². The zero-order valence-corrected chi connectivity index (χ0v) is 22.0. The first-order valence-electron chi connectivity index (χ1n) is 11.2. The van der Waals surface area contributed by atoms with Gasteiger partial charge in [-0.1, -0.05) is 0 Å². The molecule has 0 aliphatic rings. The molecule has 0 amide bonds. The maximum Gasteiger partial charge on any atom is 0.126 e. The van der Waals surface area contributed by atoms with Crippen molar-refractivity contribution in [3.8, 4) is 17.2 Å². The molecule has 1 N–H and O–H groups in total. The highest BCUT2D eigenvalue weighted by atomic mass is 16.5. The van der Waals surface area contributed by atoms with Gasteiger partial charge in [0.2, 0.25) is 0 Å². The summed E-state index contributed by atoms with van der Waals surface area (Å²) in [6.45, 7) is 27.1. The topological polar surface area (TPSA) is 38.7 Å². The van der Waals surface area contributed by atoms with Crippen LogP contribution < -0.4 is 9.47 Å². The van der Waals surface area contributed by atoms with Crippen molar-refractivity contribution in [2.24, 2.45) is 0 Å². The first kappa shape index (κ1) is 25.1. The number of phenols is 1. The Hall–Kier alpha value is -2.16. The van der Waals surface area contributed by atoms with Crippen LogP contribution in [0.5, 0.6) is 17.2 Å². The summed E-state index contributed by atoms with van der Waals surface area (Å²) in [6, 6.07) is 0. The molecule has 172 valence electrons. The molecule has 0 spiro atoms. The molecule has 0 aliphatic heterocycles. The molecule has 3 heteroatoms. The van der Waals surface area contributed by atoms with Crippen molar-refractivity contribution in [3.05, 3.63) is 50.1 Å². The van der Waals surface area contributed by atoms with Crippen molar-refractivity contribution >= 4 is 0 Å². The third kappa shape index (κ3) is 5.19. The van der Waals surface area contributed by atoms with E-state index in [1.165, 1.54) is 27.8 Å². The summed E-state index contributed by atoms with van der Waals surface area (Å²) in [5.41, 5.74) is 9.31. The van der Waals surface area contributed by atoms with Gasteiger partial charge >= 0.3 is 0 Å². The molecule has 0 atom stereocenters. The van der Waals surface area contributed by atoms with E-state index in [9.17, 15) is 5.11 Å². The van der Waals surface area contributed by atoms with Crippen molar-refractivity contribution < 1.29 is 14.6 Å². The predicted octanol–water partition coefficient (Wildman–Crippen LogP) is 7.50. The monoisotopic (exact) mass is 426 g/mol. The highest BCUT2D eigenvalue weighted by Crippen LogP contribution is 2.42. The van der Waals surface area contributed by atoms with Gasteiger partial charge in [-0.05, 0) is 135 Å². The van der Waals surface area contributed by atoms with Crippen LogP contribution in [-0.2, 0) is 6.42 Å². The molecule has 2 rings (SSSR count). The van der Waals surface area contributed by atoms with E-state index in [0.29, 0.717) is 12.2 Å². The van der Waals surface area contributed by atoms with E-state index in [0.717, 1.165) is 33.8 Å². The Morgan fingerprint density at radius 2 is 0.871 bits per heavy atom. The van der Waals surface area contributed by atoms with Crippen molar-refractivity contribution in [2.45, 2.75) is 108 Å². The molecule has 0 aliphatic carbocycles. The van der Waals surface area contributed by atoms with Gasteiger partial charge < -0.3 is 14.6 Å². The number of hydrogen-bond acceptors (Lipinski definition) is 3. The minimum atomic E-state index is -0.304. The van der Waals surface area contributed by atoms with E-state index in [2.05, 4.69) is 76.2 Å². The molecular formula is C28H42O3. The number of hydrogen-bond donors (Lipinski definition) is 1. The van der Waals surface area contributed by atoms with Gasteiger partial charge in [0, 0.05) is 12.0 Å². The van der Waals surface area contributed by atoms with Crippen LogP contribution in [0.15, 0.2) is 0 Å². The van der Waals surface area contributed by atoms with Gasteiger partial charge in [0.25, 0.3) is 0 Å². The van der Waals surface area contributed by atoms with E-state index in [-0.39, 0.29) is 11.2 Å². The van der Waals surface area contributed by atoms with E-state index in [1.54, 1.807) is 0 Å². The second kappa shape index (κ2) is 8.41. The SMILES string of the molecule is Cc1c(C)c(OC(C)(C)C)c(C)c(Cc2c(C)c(C)c(OC(C)(C)C)c(C)c2C)c1O. The average molecular weight is 427 g/mol. The van der Waals surface area contributed by atoms with Crippen LogP contribution in [0.3, 0.4) is 0 Å². The minimum Gasteiger partial charge on any atom is -0.507 e. The number of benzene rings is 2. The van der Waals surface area contributed by atoms with E-state index in [4.69, 9.17) is 9.47 Å². The molecule has 0 saturated carbocycles. The molecule has 0 radical (unpaired) electrons.